The molecule has 3 heteroatoms. The Labute approximate surface area is 116 Å². The number of hydrogen-bond acceptors (Lipinski definition) is 3. The highest BCUT2D eigenvalue weighted by molar-refractivity contribution is 5.27. The van der Waals surface area contributed by atoms with Crippen molar-refractivity contribution in [2.24, 2.45) is 5.92 Å². The molecule has 1 heterocycles. The smallest absolute Gasteiger partial charge is 0.0503 e. The Kier molecular flexibility index (Phi) is 5.83. The lowest BCUT2D eigenvalue weighted by Gasteiger charge is -2.18. The predicted octanol–water partition coefficient (Wildman–Crippen LogP) is 1.92. The van der Waals surface area contributed by atoms with Crippen LogP contribution in [0.25, 0.3) is 0 Å². The van der Waals surface area contributed by atoms with E-state index >= 15 is 0 Å². The van der Waals surface area contributed by atoms with E-state index in [0.717, 1.165) is 32.0 Å². The van der Waals surface area contributed by atoms with Crippen molar-refractivity contribution in [3.05, 3.63) is 35.4 Å². The van der Waals surface area contributed by atoms with Gasteiger partial charge in [0.15, 0.2) is 0 Å². The zero-order valence-corrected chi connectivity index (χ0v) is 12.2. The van der Waals surface area contributed by atoms with Gasteiger partial charge in [-0.1, -0.05) is 24.3 Å². The van der Waals surface area contributed by atoms with E-state index in [1.165, 1.54) is 30.6 Å². The number of nitrogens with zero attached hydrogens (tertiary/aromatic N) is 1. The lowest BCUT2D eigenvalue weighted by atomic mass is 10.0. The lowest BCUT2D eigenvalue weighted by molar-refractivity contribution is 0.152. The van der Waals surface area contributed by atoms with E-state index in [-0.39, 0.29) is 0 Å². The van der Waals surface area contributed by atoms with E-state index < -0.39 is 0 Å². The summed E-state index contributed by atoms with van der Waals surface area (Å²) in [5.74, 6) is 0.717. The molecule has 19 heavy (non-hydrogen) atoms. The molecule has 1 aliphatic heterocycles. The molecule has 0 saturated carbocycles. The summed E-state index contributed by atoms with van der Waals surface area (Å²) < 4.78 is 5.27. The van der Waals surface area contributed by atoms with Crippen molar-refractivity contribution in [3.8, 4) is 0 Å². The molecule has 0 aromatic heterocycles. The fourth-order valence-corrected chi connectivity index (χ4v) is 2.88. The van der Waals surface area contributed by atoms with Crippen LogP contribution < -0.4 is 5.32 Å². The largest absolute Gasteiger partial charge is 0.384 e. The summed E-state index contributed by atoms with van der Waals surface area (Å²) in [7, 11) is 3.81. The first kappa shape index (κ1) is 14.5. The second-order valence-corrected chi connectivity index (χ2v) is 5.47. The van der Waals surface area contributed by atoms with Gasteiger partial charge >= 0.3 is 0 Å². The number of methoxy groups -OCH3 is 1. The normalized spacial score (nSPS) is 20.0. The third-order valence-corrected chi connectivity index (χ3v) is 3.93. The monoisotopic (exact) mass is 262 g/mol. The highest BCUT2D eigenvalue weighted by Gasteiger charge is 2.22. The van der Waals surface area contributed by atoms with Crippen molar-refractivity contribution < 1.29 is 4.74 Å². The van der Waals surface area contributed by atoms with E-state index in [2.05, 4.69) is 34.5 Å². The summed E-state index contributed by atoms with van der Waals surface area (Å²) in [6, 6.07) is 8.83. The van der Waals surface area contributed by atoms with Crippen molar-refractivity contribution >= 4 is 0 Å². The van der Waals surface area contributed by atoms with Gasteiger partial charge in [-0.3, -0.25) is 4.90 Å². The summed E-state index contributed by atoms with van der Waals surface area (Å²) in [6.45, 7) is 5.41. The highest BCUT2D eigenvalue weighted by atomic mass is 16.5. The molecule has 3 nitrogen and oxygen atoms in total. The van der Waals surface area contributed by atoms with Crippen LogP contribution in [0.1, 0.15) is 17.5 Å². The summed E-state index contributed by atoms with van der Waals surface area (Å²) >= 11 is 0. The zero-order valence-electron chi connectivity index (χ0n) is 12.2. The van der Waals surface area contributed by atoms with E-state index in [4.69, 9.17) is 4.74 Å². The average Bonchev–Trinajstić information content (AvgIpc) is 2.86. The maximum Gasteiger partial charge on any atom is 0.0503 e. The molecule has 0 amide bonds. The third-order valence-electron chi connectivity index (χ3n) is 3.93. The third kappa shape index (κ3) is 4.30. The fraction of sp³-hybridized carbons (Fsp3) is 0.625. The van der Waals surface area contributed by atoms with E-state index in [1.807, 2.05) is 7.05 Å². The van der Waals surface area contributed by atoms with Crippen LogP contribution in [-0.2, 0) is 17.7 Å². The quantitative estimate of drug-likeness (QED) is 0.812. The molecule has 1 N–H and O–H groups in total. The number of likely N-dealkylation sites (tertiary alicyclic amines) is 1. The van der Waals surface area contributed by atoms with Crippen molar-refractivity contribution in [1.82, 2.24) is 10.2 Å². The van der Waals surface area contributed by atoms with Crippen LogP contribution in [0.15, 0.2) is 24.3 Å². The summed E-state index contributed by atoms with van der Waals surface area (Å²) in [6.07, 6.45) is 2.38. The molecule has 0 aliphatic carbocycles. The Morgan fingerprint density at radius 3 is 2.84 bits per heavy atom. The second kappa shape index (κ2) is 7.63. The van der Waals surface area contributed by atoms with E-state index in [1.54, 1.807) is 7.11 Å². The minimum atomic E-state index is 0.717. The summed E-state index contributed by atoms with van der Waals surface area (Å²) in [4.78, 5) is 2.56. The molecule has 1 unspecified atom stereocenters. The Morgan fingerprint density at radius 2 is 2.11 bits per heavy atom. The summed E-state index contributed by atoms with van der Waals surface area (Å²) in [5, 5.41) is 3.23. The molecule has 1 saturated heterocycles. The van der Waals surface area contributed by atoms with Crippen LogP contribution >= 0.6 is 0 Å². The first-order valence-corrected chi connectivity index (χ1v) is 7.26. The van der Waals surface area contributed by atoms with Gasteiger partial charge in [-0.05, 0) is 50.0 Å². The minimum absolute atomic E-state index is 0.717. The molecule has 1 aromatic rings. The topological polar surface area (TPSA) is 24.5 Å². The molecule has 2 rings (SSSR count). The Hall–Kier alpha value is -0.900. The number of rotatable bonds is 7. The SMILES string of the molecule is CNCCc1ccccc1CN1CCC(COC)C1. The van der Waals surface area contributed by atoms with Gasteiger partial charge in [-0.15, -0.1) is 0 Å². The lowest BCUT2D eigenvalue weighted by Crippen LogP contribution is -2.22. The zero-order chi connectivity index (χ0) is 13.5. The molecule has 1 aromatic carbocycles. The molecule has 0 spiro atoms. The van der Waals surface area contributed by atoms with Crippen LogP contribution in [0.2, 0.25) is 0 Å². The van der Waals surface area contributed by atoms with Gasteiger partial charge in [-0.25, -0.2) is 0 Å². The Balaban J connectivity index is 1.92. The average molecular weight is 262 g/mol. The highest BCUT2D eigenvalue weighted by Crippen LogP contribution is 2.20. The van der Waals surface area contributed by atoms with Crippen LogP contribution in [-0.4, -0.2) is 45.3 Å². The van der Waals surface area contributed by atoms with Crippen molar-refractivity contribution in [2.75, 3.05) is 40.4 Å². The minimum Gasteiger partial charge on any atom is -0.384 e. The van der Waals surface area contributed by atoms with Crippen LogP contribution in [0, 0.1) is 5.92 Å². The van der Waals surface area contributed by atoms with Crippen molar-refractivity contribution in [3.63, 3.8) is 0 Å². The molecular weight excluding hydrogens is 236 g/mol. The first-order valence-electron chi connectivity index (χ1n) is 7.26. The summed E-state index contributed by atoms with van der Waals surface area (Å²) in [5.41, 5.74) is 2.96. The first-order chi connectivity index (χ1) is 9.33. The molecule has 1 atom stereocenters. The maximum atomic E-state index is 5.27. The van der Waals surface area contributed by atoms with E-state index in [0.29, 0.717) is 0 Å². The molecule has 1 fully saturated rings. The standard InChI is InChI=1S/C16H26N2O/c1-17-9-7-15-5-3-4-6-16(15)12-18-10-8-14(11-18)13-19-2/h3-6,14,17H,7-13H2,1-2H3. The van der Waals surface area contributed by atoms with Gasteiger partial charge in [0.05, 0.1) is 6.61 Å². The molecule has 1 aliphatic rings. The number of ether oxygens (including phenoxy) is 1. The van der Waals surface area contributed by atoms with Gasteiger partial charge < -0.3 is 10.1 Å². The fourth-order valence-electron chi connectivity index (χ4n) is 2.88. The number of likely N-dealkylation sites (N-methyl/N-ethyl adjacent to an activating group) is 1. The van der Waals surface area contributed by atoms with Crippen LogP contribution in [0.5, 0.6) is 0 Å². The van der Waals surface area contributed by atoms with Gasteiger partial charge in [0, 0.05) is 20.2 Å². The number of benzene rings is 1. The number of nitrogens with one attached hydrogen (secondary N) is 1. The maximum absolute atomic E-state index is 5.27. The number of hydrogen-bond donors (Lipinski definition) is 1. The Bertz CT molecular complexity index is 381. The van der Waals surface area contributed by atoms with Crippen LogP contribution in [0.4, 0.5) is 0 Å². The van der Waals surface area contributed by atoms with Gasteiger partial charge in [0.1, 0.15) is 0 Å². The van der Waals surface area contributed by atoms with Crippen LogP contribution in [0.3, 0.4) is 0 Å². The van der Waals surface area contributed by atoms with Gasteiger partial charge in [-0.2, -0.15) is 0 Å². The molecule has 0 radical (unpaired) electrons. The predicted molar refractivity (Wildman–Crippen MR) is 79.3 cm³/mol. The van der Waals surface area contributed by atoms with Gasteiger partial charge in [0.2, 0.25) is 0 Å². The second-order valence-electron chi connectivity index (χ2n) is 5.47. The Morgan fingerprint density at radius 1 is 1.32 bits per heavy atom. The van der Waals surface area contributed by atoms with E-state index in [9.17, 15) is 0 Å². The molecular formula is C16H26N2O. The molecule has 0 bridgehead atoms. The van der Waals surface area contributed by atoms with Crippen molar-refractivity contribution in [1.29, 1.82) is 0 Å². The van der Waals surface area contributed by atoms with Crippen molar-refractivity contribution in [2.45, 2.75) is 19.4 Å². The van der Waals surface area contributed by atoms with Gasteiger partial charge in [0.25, 0.3) is 0 Å². The molecule has 106 valence electrons.